The van der Waals surface area contributed by atoms with E-state index in [-0.39, 0.29) is 0 Å². The van der Waals surface area contributed by atoms with Crippen LogP contribution in [0.15, 0.2) is 49.1 Å². The van der Waals surface area contributed by atoms with Gasteiger partial charge in [-0.3, -0.25) is 4.98 Å². The van der Waals surface area contributed by atoms with Crippen LogP contribution in [0.4, 0.5) is 0 Å². The monoisotopic (exact) mass is 246 g/mol. The molecule has 0 saturated heterocycles. The van der Waals surface area contributed by atoms with Crippen LogP contribution in [0.5, 0.6) is 0 Å². The summed E-state index contributed by atoms with van der Waals surface area (Å²) in [5.41, 5.74) is 3.15. The van der Waals surface area contributed by atoms with Crippen LogP contribution in [0.2, 0.25) is 0 Å². The Kier molecular flexibility index (Phi) is 2.79. The number of hydrogen-bond donors (Lipinski definition) is 1. The first-order valence-corrected chi connectivity index (χ1v) is 5.83. The second-order valence-corrected chi connectivity index (χ2v) is 4.06. The van der Waals surface area contributed by atoms with Crippen molar-refractivity contribution in [2.45, 2.75) is 0 Å². The minimum absolute atomic E-state index is 0.581. The number of nitriles is 1. The molecule has 0 aliphatic carbocycles. The molecule has 3 aromatic rings. The Balaban J connectivity index is 2.12. The number of hydrogen-bond acceptors (Lipinski definition) is 3. The topological polar surface area (TPSA) is 65.4 Å². The Bertz CT molecular complexity index is 779. The summed E-state index contributed by atoms with van der Waals surface area (Å²) in [7, 11) is 0. The molecule has 0 radical (unpaired) electrons. The predicted octanol–water partition coefficient (Wildman–Crippen LogP) is 3.02. The lowest BCUT2D eigenvalue weighted by atomic mass is 10.1. The van der Waals surface area contributed by atoms with Crippen molar-refractivity contribution in [1.82, 2.24) is 15.0 Å². The number of aromatic amines is 1. The van der Waals surface area contributed by atoms with E-state index >= 15 is 0 Å². The van der Waals surface area contributed by atoms with E-state index in [0.29, 0.717) is 5.57 Å². The van der Waals surface area contributed by atoms with Crippen LogP contribution in [0.1, 0.15) is 11.1 Å². The zero-order valence-corrected chi connectivity index (χ0v) is 10.0. The van der Waals surface area contributed by atoms with Gasteiger partial charge in [-0.15, -0.1) is 0 Å². The summed E-state index contributed by atoms with van der Waals surface area (Å²) < 4.78 is 0. The van der Waals surface area contributed by atoms with Crippen molar-refractivity contribution in [3.63, 3.8) is 0 Å². The standard InChI is InChI=1S/C15H10N4/c16-8-12(11-3-1-5-17-9-11)7-13-10-19-15-14(13)4-2-6-18-15/h1-7,9-10H,(H,18,19)/b12-7+. The van der Waals surface area contributed by atoms with Crippen molar-refractivity contribution in [1.29, 1.82) is 5.26 Å². The number of allylic oxidation sites excluding steroid dienone is 1. The molecule has 4 heteroatoms. The first-order valence-electron chi connectivity index (χ1n) is 5.83. The zero-order chi connectivity index (χ0) is 13.1. The van der Waals surface area contributed by atoms with Gasteiger partial charge in [-0.2, -0.15) is 5.26 Å². The van der Waals surface area contributed by atoms with Gasteiger partial charge in [0.1, 0.15) is 5.65 Å². The first kappa shape index (κ1) is 11.2. The highest BCUT2D eigenvalue weighted by molar-refractivity contribution is 5.96. The van der Waals surface area contributed by atoms with Crippen molar-refractivity contribution in [2.75, 3.05) is 0 Å². The molecule has 0 aromatic carbocycles. The van der Waals surface area contributed by atoms with Gasteiger partial charge in [-0.05, 0) is 24.3 Å². The molecule has 0 bridgehead atoms. The maximum Gasteiger partial charge on any atom is 0.137 e. The van der Waals surface area contributed by atoms with Crippen LogP contribution in [0.25, 0.3) is 22.7 Å². The molecule has 0 saturated carbocycles. The van der Waals surface area contributed by atoms with Crippen molar-refractivity contribution < 1.29 is 0 Å². The maximum atomic E-state index is 9.28. The maximum absolute atomic E-state index is 9.28. The van der Waals surface area contributed by atoms with Gasteiger partial charge < -0.3 is 4.98 Å². The fourth-order valence-electron chi connectivity index (χ4n) is 1.95. The second kappa shape index (κ2) is 4.75. The van der Waals surface area contributed by atoms with Gasteiger partial charge in [0.15, 0.2) is 0 Å². The molecule has 4 nitrogen and oxygen atoms in total. The molecule has 90 valence electrons. The van der Waals surface area contributed by atoms with Crippen molar-refractivity contribution >= 4 is 22.7 Å². The van der Waals surface area contributed by atoms with Crippen LogP contribution in [-0.4, -0.2) is 15.0 Å². The summed E-state index contributed by atoms with van der Waals surface area (Å²) in [6, 6.07) is 9.75. The zero-order valence-electron chi connectivity index (χ0n) is 10.0. The van der Waals surface area contributed by atoms with E-state index in [1.807, 2.05) is 36.5 Å². The lowest BCUT2D eigenvalue weighted by Gasteiger charge is -1.97. The SMILES string of the molecule is N#C/C(=C\c1c[nH]c2ncccc12)c1cccnc1. The summed E-state index contributed by atoms with van der Waals surface area (Å²) in [6.07, 6.45) is 8.80. The smallest absolute Gasteiger partial charge is 0.137 e. The number of nitrogens with one attached hydrogen (secondary N) is 1. The molecule has 0 amide bonds. The summed E-state index contributed by atoms with van der Waals surface area (Å²) >= 11 is 0. The summed E-state index contributed by atoms with van der Waals surface area (Å²) in [4.78, 5) is 11.3. The third-order valence-electron chi connectivity index (χ3n) is 2.88. The predicted molar refractivity (Wildman–Crippen MR) is 73.8 cm³/mol. The van der Waals surface area contributed by atoms with E-state index in [4.69, 9.17) is 0 Å². The number of fused-ring (bicyclic) bond motifs is 1. The number of rotatable bonds is 2. The summed E-state index contributed by atoms with van der Waals surface area (Å²) in [5.74, 6) is 0. The van der Waals surface area contributed by atoms with Gasteiger partial charge in [0.25, 0.3) is 0 Å². The Morgan fingerprint density at radius 2 is 2.16 bits per heavy atom. The van der Waals surface area contributed by atoms with Gasteiger partial charge in [-0.25, -0.2) is 4.98 Å². The van der Waals surface area contributed by atoms with E-state index in [2.05, 4.69) is 21.0 Å². The molecule has 3 aromatic heterocycles. The summed E-state index contributed by atoms with van der Waals surface area (Å²) in [5, 5.41) is 10.3. The minimum atomic E-state index is 0.581. The van der Waals surface area contributed by atoms with Crippen molar-refractivity contribution in [3.8, 4) is 6.07 Å². The van der Waals surface area contributed by atoms with Crippen molar-refractivity contribution in [2.24, 2.45) is 0 Å². The molecular formula is C15H10N4. The highest BCUT2D eigenvalue weighted by Gasteiger charge is 2.05. The second-order valence-electron chi connectivity index (χ2n) is 4.06. The van der Waals surface area contributed by atoms with Crippen molar-refractivity contribution in [3.05, 3.63) is 60.2 Å². The fourth-order valence-corrected chi connectivity index (χ4v) is 1.95. The van der Waals surface area contributed by atoms with Crippen LogP contribution in [0, 0.1) is 11.3 Å². The molecule has 0 spiro atoms. The molecule has 0 aliphatic rings. The molecular weight excluding hydrogens is 236 g/mol. The van der Waals surface area contributed by atoms with Gasteiger partial charge in [0, 0.05) is 41.3 Å². The van der Waals surface area contributed by atoms with Gasteiger partial charge in [0.05, 0.1) is 11.6 Å². The summed E-state index contributed by atoms with van der Waals surface area (Å²) in [6.45, 7) is 0. The Morgan fingerprint density at radius 3 is 2.95 bits per heavy atom. The van der Waals surface area contributed by atoms with E-state index in [1.54, 1.807) is 18.6 Å². The van der Waals surface area contributed by atoms with E-state index in [1.165, 1.54) is 0 Å². The largest absolute Gasteiger partial charge is 0.346 e. The molecule has 0 fully saturated rings. The lowest BCUT2D eigenvalue weighted by Crippen LogP contribution is -1.82. The third-order valence-corrected chi connectivity index (χ3v) is 2.88. The Labute approximate surface area is 110 Å². The van der Waals surface area contributed by atoms with Gasteiger partial charge >= 0.3 is 0 Å². The molecule has 0 aliphatic heterocycles. The molecule has 1 N–H and O–H groups in total. The lowest BCUT2D eigenvalue weighted by molar-refractivity contribution is 1.31. The fraction of sp³-hybridized carbons (Fsp3) is 0. The quantitative estimate of drug-likeness (QED) is 0.707. The number of pyridine rings is 2. The average Bonchev–Trinajstić information content (AvgIpc) is 2.89. The number of H-pyrrole nitrogens is 1. The highest BCUT2D eigenvalue weighted by atomic mass is 14.8. The van der Waals surface area contributed by atoms with Gasteiger partial charge in [0.2, 0.25) is 0 Å². The van der Waals surface area contributed by atoms with Crippen LogP contribution >= 0.6 is 0 Å². The highest BCUT2D eigenvalue weighted by Crippen LogP contribution is 2.22. The van der Waals surface area contributed by atoms with E-state index < -0.39 is 0 Å². The molecule has 3 heterocycles. The van der Waals surface area contributed by atoms with Crippen LogP contribution < -0.4 is 0 Å². The van der Waals surface area contributed by atoms with Gasteiger partial charge in [-0.1, -0.05) is 6.07 Å². The molecule has 0 unspecified atom stereocenters. The van der Waals surface area contributed by atoms with E-state index in [0.717, 1.165) is 22.2 Å². The first-order chi connectivity index (χ1) is 9.38. The van der Waals surface area contributed by atoms with E-state index in [9.17, 15) is 5.26 Å². The number of nitrogens with zero attached hydrogens (tertiary/aromatic N) is 3. The third kappa shape index (κ3) is 2.09. The normalized spacial score (nSPS) is 11.4. The molecule has 19 heavy (non-hydrogen) atoms. The molecule has 3 rings (SSSR count). The minimum Gasteiger partial charge on any atom is -0.346 e. The Morgan fingerprint density at radius 1 is 1.26 bits per heavy atom. The number of aromatic nitrogens is 3. The average molecular weight is 246 g/mol. The Hall–Kier alpha value is -2.93. The van der Waals surface area contributed by atoms with Crippen LogP contribution in [0.3, 0.4) is 0 Å². The van der Waals surface area contributed by atoms with Crippen LogP contribution in [-0.2, 0) is 0 Å². The molecule has 0 atom stereocenters.